The summed E-state index contributed by atoms with van der Waals surface area (Å²) in [5.74, 6) is 0.495. The van der Waals surface area contributed by atoms with Gasteiger partial charge in [-0.05, 0) is 38.1 Å². The lowest BCUT2D eigenvalue weighted by Crippen LogP contribution is -2.04. The molecule has 0 aliphatic heterocycles. The van der Waals surface area contributed by atoms with Crippen LogP contribution in [0.25, 0.3) is 16.7 Å². The zero-order valence-electron chi connectivity index (χ0n) is 11.3. The Balaban J connectivity index is 2.39. The molecule has 0 saturated heterocycles. The van der Waals surface area contributed by atoms with Crippen LogP contribution < -0.4 is 0 Å². The zero-order chi connectivity index (χ0) is 14.3. The molecular formula is C16H14ClFN2. The zero-order valence-corrected chi connectivity index (χ0v) is 12.0. The molecular weight excluding hydrogens is 275 g/mol. The van der Waals surface area contributed by atoms with Crippen molar-refractivity contribution in [3.05, 3.63) is 59.7 Å². The highest BCUT2D eigenvalue weighted by molar-refractivity contribution is 6.20. The summed E-state index contributed by atoms with van der Waals surface area (Å²) < 4.78 is 15.8. The van der Waals surface area contributed by atoms with E-state index in [2.05, 4.69) is 4.98 Å². The van der Waals surface area contributed by atoms with Crippen LogP contribution in [0.1, 0.15) is 23.7 Å². The second-order valence-electron chi connectivity index (χ2n) is 4.79. The van der Waals surface area contributed by atoms with Crippen molar-refractivity contribution in [3.8, 4) is 5.69 Å². The first-order valence-electron chi connectivity index (χ1n) is 6.46. The highest BCUT2D eigenvalue weighted by Gasteiger charge is 2.18. The van der Waals surface area contributed by atoms with E-state index in [9.17, 15) is 4.39 Å². The molecule has 0 N–H and O–H groups in total. The smallest absolute Gasteiger partial charge is 0.132 e. The molecule has 1 unspecified atom stereocenters. The first-order chi connectivity index (χ1) is 9.59. The van der Waals surface area contributed by atoms with Gasteiger partial charge in [-0.3, -0.25) is 4.57 Å². The van der Waals surface area contributed by atoms with Crippen LogP contribution in [0.3, 0.4) is 0 Å². The van der Waals surface area contributed by atoms with Crippen molar-refractivity contribution >= 4 is 22.6 Å². The fourth-order valence-electron chi connectivity index (χ4n) is 2.40. The van der Waals surface area contributed by atoms with Gasteiger partial charge in [-0.2, -0.15) is 0 Å². The third kappa shape index (κ3) is 1.98. The Labute approximate surface area is 121 Å². The highest BCUT2D eigenvalue weighted by Crippen LogP contribution is 2.29. The third-order valence-corrected chi connectivity index (χ3v) is 3.62. The number of hydrogen-bond acceptors (Lipinski definition) is 1. The van der Waals surface area contributed by atoms with Gasteiger partial charge in [-0.25, -0.2) is 9.37 Å². The number of rotatable bonds is 2. The average Bonchev–Trinajstić information content (AvgIpc) is 2.81. The van der Waals surface area contributed by atoms with E-state index in [0.717, 1.165) is 22.5 Å². The van der Waals surface area contributed by atoms with Gasteiger partial charge >= 0.3 is 0 Å². The quantitative estimate of drug-likeness (QED) is 0.621. The number of benzene rings is 2. The van der Waals surface area contributed by atoms with E-state index in [0.29, 0.717) is 5.56 Å². The number of alkyl halides is 1. The Morgan fingerprint density at radius 1 is 1.15 bits per heavy atom. The minimum absolute atomic E-state index is 0.228. The first kappa shape index (κ1) is 13.1. The fourth-order valence-corrected chi connectivity index (χ4v) is 2.55. The maximum atomic E-state index is 13.8. The van der Waals surface area contributed by atoms with Gasteiger partial charge in [0.2, 0.25) is 0 Å². The molecule has 0 spiro atoms. The van der Waals surface area contributed by atoms with Crippen LogP contribution in [0.2, 0.25) is 0 Å². The van der Waals surface area contributed by atoms with Crippen LogP contribution in [0.15, 0.2) is 42.5 Å². The maximum absolute atomic E-state index is 13.8. The van der Waals surface area contributed by atoms with Crippen molar-refractivity contribution in [3.63, 3.8) is 0 Å². The molecule has 102 valence electrons. The molecule has 2 aromatic carbocycles. The second kappa shape index (κ2) is 4.91. The summed E-state index contributed by atoms with van der Waals surface area (Å²) in [6, 6.07) is 12.8. The molecule has 0 aliphatic rings. The number of aromatic nitrogens is 2. The summed E-state index contributed by atoms with van der Waals surface area (Å²) in [5.41, 5.74) is 3.16. The number of imidazole rings is 1. The van der Waals surface area contributed by atoms with Crippen molar-refractivity contribution in [2.45, 2.75) is 19.2 Å². The number of fused-ring (bicyclic) bond motifs is 1. The normalized spacial score (nSPS) is 12.8. The number of hydrogen-bond donors (Lipinski definition) is 0. The van der Waals surface area contributed by atoms with Gasteiger partial charge in [0.15, 0.2) is 0 Å². The summed E-state index contributed by atoms with van der Waals surface area (Å²) in [4.78, 5) is 4.57. The topological polar surface area (TPSA) is 17.8 Å². The predicted octanol–water partition coefficient (Wildman–Crippen LogP) is 4.77. The molecule has 0 aliphatic carbocycles. The van der Waals surface area contributed by atoms with Crippen molar-refractivity contribution in [1.29, 1.82) is 0 Å². The van der Waals surface area contributed by atoms with Gasteiger partial charge in [-0.1, -0.05) is 18.2 Å². The van der Waals surface area contributed by atoms with Crippen LogP contribution in [0.4, 0.5) is 4.39 Å². The number of nitrogens with zero attached hydrogens (tertiary/aromatic N) is 2. The lowest BCUT2D eigenvalue weighted by molar-refractivity contribution is 0.616. The molecule has 0 amide bonds. The van der Waals surface area contributed by atoms with Crippen LogP contribution in [0, 0.1) is 12.7 Å². The summed E-state index contributed by atoms with van der Waals surface area (Å²) in [6.45, 7) is 3.63. The van der Waals surface area contributed by atoms with Crippen LogP contribution in [-0.2, 0) is 0 Å². The lowest BCUT2D eigenvalue weighted by Gasteiger charge is -2.13. The summed E-state index contributed by atoms with van der Waals surface area (Å²) >= 11 is 6.24. The molecule has 3 rings (SSSR count). The van der Waals surface area contributed by atoms with Crippen molar-refractivity contribution in [1.82, 2.24) is 9.55 Å². The Morgan fingerprint density at radius 3 is 2.65 bits per heavy atom. The Hall–Kier alpha value is -1.87. The monoisotopic (exact) mass is 288 g/mol. The summed E-state index contributed by atoms with van der Waals surface area (Å²) in [6.07, 6.45) is 0. The van der Waals surface area contributed by atoms with Crippen LogP contribution >= 0.6 is 11.6 Å². The van der Waals surface area contributed by atoms with Gasteiger partial charge in [0.25, 0.3) is 0 Å². The molecule has 0 saturated carbocycles. The molecule has 1 heterocycles. The van der Waals surface area contributed by atoms with Gasteiger partial charge in [0.1, 0.15) is 11.6 Å². The number of halogens is 2. The molecule has 20 heavy (non-hydrogen) atoms. The Bertz CT molecular complexity index is 777. The molecule has 3 aromatic rings. The second-order valence-corrected chi connectivity index (χ2v) is 5.45. The Kier molecular flexibility index (Phi) is 3.22. The third-order valence-electron chi connectivity index (χ3n) is 3.42. The minimum Gasteiger partial charge on any atom is -0.295 e. The summed E-state index contributed by atoms with van der Waals surface area (Å²) in [7, 11) is 0. The van der Waals surface area contributed by atoms with E-state index in [1.807, 2.05) is 41.8 Å². The highest BCUT2D eigenvalue weighted by atomic mass is 35.5. The van der Waals surface area contributed by atoms with Gasteiger partial charge in [0, 0.05) is 5.56 Å². The average molecular weight is 289 g/mol. The molecule has 0 fully saturated rings. The van der Waals surface area contributed by atoms with E-state index in [-0.39, 0.29) is 11.2 Å². The van der Waals surface area contributed by atoms with E-state index >= 15 is 0 Å². The fraction of sp³-hybridized carbons (Fsp3) is 0.188. The van der Waals surface area contributed by atoms with Crippen molar-refractivity contribution < 1.29 is 4.39 Å². The Morgan fingerprint density at radius 2 is 1.90 bits per heavy atom. The lowest BCUT2D eigenvalue weighted by atomic mass is 10.1. The number of para-hydroxylation sites is 2. The molecule has 2 nitrogen and oxygen atoms in total. The van der Waals surface area contributed by atoms with E-state index in [1.54, 1.807) is 13.0 Å². The molecule has 0 bridgehead atoms. The maximum Gasteiger partial charge on any atom is 0.132 e. The minimum atomic E-state index is -0.259. The molecule has 0 radical (unpaired) electrons. The first-order valence-corrected chi connectivity index (χ1v) is 6.90. The van der Waals surface area contributed by atoms with Gasteiger partial charge in [-0.15, -0.1) is 11.6 Å². The SMILES string of the molecule is Cc1c(F)cccc1-n1c(C(C)Cl)nc2ccccc21. The molecule has 1 atom stereocenters. The van der Waals surface area contributed by atoms with E-state index in [4.69, 9.17) is 11.6 Å². The van der Waals surface area contributed by atoms with E-state index in [1.165, 1.54) is 6.07 Å². The van der Waals surface area contributed by atoms with Crippen LogP contribution in [0.5, 0.6) is 0 Å². The molecule has 1 aromatic heterocycles. The standard InChI is InChI=1S/C16H14ClFN2/c1-10-12(18)6-5-9-14(10)20-15-8-4-3-7-13(15)19-16(20)11(2)17/h3-9,11H,1-2H3. The summed E-state index contributed by atoms with van der Waals surface area (Å²) in [5, 5.41) is -0.259. The molecule has 4 heteroatoms. The largest absolute Gasteiger partial charge is 0.295 e. The predicted molar refractivity (Wildman–Crippen MR) is 80.0 cm³/mol. The van der Waals surface area contributed by atoms with E-state index < -0.39 is 0 Å². The van der Waals surface area contributed by atoms with Crippen molar-refractivity contribution in [2.75, 3.05) is 0 Å². The van der Waals surface area contributed by atoms with Gasteiger partial charge in [0.05, 0.1) is 22.1 Å². The van der Waals surface area contributed by atoms with Crippen molar-refractivity contribution in [2.24, 2.45) is 0 Å². The van der Waals surface area contributed by atoms with Gasteiger partial charge < -0.3 is 0 Å². The van der Waals surface area contributed by atoms with Crippen LogP contribution in [-0.4, -0.2) is 9.55 Å².